The Morgan fingerprint density at radius 2 is 2.15 bits per heavy atom. The quantitative estimate of drug-likeness (QED) is 0.495. The van der Waals surface area contributed by atoms with Gasteiger partial charge in [-0.15, -0.1) is 0 Å². The van der Waals surface area contributed by atoms with E-state index < -0.39 is 0 Å². The third kappa shape index (κ3) is 2.87. The highest BCUT2D eigenvalue weighted by Gasteiger charge is 2.21. The van der Waals surface area contributed by atoms with Crippen LogP contribution in [0.25, 0.3) is 0 Å². The van der Waals surface area contributed by atoms with Crippen molar-refractivity contribution in [1.29, 1.82) is 0 Å². The third-order valence-corrected chi connectivity index (χ3v) is 2.34. The monoisotopic (exact) mass is 182 g/mol. The highest BCUT2D eigenvalue weighted by Crippen LogP contribution is 2.25. The van der Waals surface area contributed by atoms with Crippen LogP contribution in [-0.2, 0) is 9.53 Å². The number of allylic oxidation sites excluding steroid dienone is 1. The van der Waals surface area contributed by atoms with Crippen LogP contribution < -0.4 is 0 Å². The van der Waals surface area contributed by atoms with E-state index in [9.17, 15) is 4.79 Å². The van der Waals surface area contributed by atoms with E-state index in [1.165, 1.54) is 12.0 Å². The summed E-state index contributed by atoms with van der Waals surface area (Å²) in [6.45, 7) is 5.70. The first-order valence-corrected chi connectivity index (χ1v) is 5.00. The van der Waals surface area contributed by atoms with Crippen LogP contribution in [0.15, 0.2) is 11.6 Å². The predicted molar refractivity (Wildman–Crippen MR) is 52.3 cm³/mol. The smallest absolute Gasteiger partial charge is 0.313 e. The van der Waals surface area contributed by atoms with Crippen LogP contribution in [0.5, 0.6) is 0 Å². The number of ether oxygens (including phenoxy) is 1. The number of carbonyl (C=O) groups excluding carboxylic acids is 1. The topological polar surface area (TPSA) is 26.3 Å². The first kappa shape index (κ1) is 10.3. The number of esters is 1. The Kier molecular flexibility index (Phi) is 3.52. The average Bonchev–Trinajstić information content (AvgIpc) is 2.53. The Bertz CT molecular complexity index is 216. The Morgan fingerprint density at radius 3 is 2.62 bits per heavy atom. The SMILES string of the molecule is CC(C)OC(=O)C(C)C1=CCCC1. The van der Waals surface area contributed by atoms with Gasteiger partial charge in [0.2, 0.25) is 0 Å². The van der Waals surface area contributed by atoms with Gasteiger partial charge in [0.1, 0.15) is 0 Å². The Morgan fingerprint density at radius 1 is 1.46 bits per heavy atom. The highest BCUT2D eigenvalue weighted by atomic mass is 16.5. The highest BCUT2D eigenvalue weighted by molar-refractivity contribution is 5.75. The van der Waals surface area contributed by atoms with Gasteiger partial charge >= 0.3 is 5.97 Å². The number of hydrogen-bond acceptors (Lipinski definition) is 2. The van der Waals surface area contributed by atoms with E-state index >= 15 is 0 Å². The van der Waals surface area contributed by atoms with Gasteiger partial charge < -0.3 is 4.74 Å². The molecule has 0 aromatic heterocycles. The maximum absolute atomic E-state index is 11.5. The second-order valence-corrected chi connectivity index (χ2v) is 3.88. The maximum Gasteiger partial charge on any atom is 0.313 e. The van der Waals surface area contributed by atoms with Crippen LogP contribution in [0.3, 0.4) is 0 Å². The van der Waals surface area contributed by atoms with E-state index in [0.717, 1.165) is 12.8 Å². The van der Waals surface area contributed by atoms with E-state index in [0.29, 0.717) is 0 Å². The standard InChI is InChI=1S/C11H18O2/c1-8(2)13-11(12)9(3)10-6-4-5-7-10/h6,8-9H,4-5,7H2,1-3H3. The van der Waals surface area contributed by atoms with Gasteiger partial charge in [-0.3, -0.25) is 4.79 Å². The molecule has 0 aliphatic heterocycles. The Balaban J connectivity index is 2.46. The summed E-state index contributed by atoms with van der Waals surface area (Å²) in [7, 11) is 0. The summed E-state index contributed by atoms with van der Waals surface area (Å²) in [5.41, 5.74) is 1.26. The first-order chi connectivity index (χ1) is 6.11. The molecule has 2 heteroatoms. The molecular weight excluding hydrogens is 164 g/mol. The molecule has 0 saturated carbocycles. The van der Waals surface area contributed by atoms with Gasteiger partial charge in [-0.1, -0.05) is 11.6 Å². The summed E-state index contributed by atoms with van der Waals surface area (Å²) in [6, 6.07) is 0. The minimum Gasteiger partial charge on any atom is -0.463 e. The Labute approximate surface area is 80.0 Å². The van der Waals surface area contributed by atoms with Crippen molar-refractivity contribution >= 4 is 5.97 Å². The molecule has 13 heavy (non-hydrogen) atoms. The van der Waals surface area contributed by atoms with Crippen LogP contribution in [0.4, 0.5) is 0 Å². The molecule has 1 aliphatic carbocycles. The Hall–Kier alpha value is -0.790. The average molecular weight is 182 g/mol. The number of rotatable bonds is 3. The maximum atomic E-state index is 11.5. The molecule has 1 atom stereocenters. The van der Waals surface area contributed by atoms with Crippen LogP contribution in [0.1, 0.15) is 40.0 Å². The summed E-state index contributed by atoms with van der Waals surface area (Å²) < 4.78 is 5.14. The minimum absolute atomic E-state index is 0.00282. The molecule has 0 fully saturated rings. The van der Waals surface area contributed by atoms with Crippen molar-refractivity contribution in [3.63, 3.8) is 0 Å². The molecule has 0 N–H and O–H groups in total. The van der Waals surface area contributed by atoms with E-state index in [1.54, 1.807) is 0 Å². The van der Waals surface area contributed by atoms with Crippen molar-refractivity contribution in [2.45, 2.75) is 46.1 Å². The van der Waals surface area contributed by atoms with Gasteiger partial charge in [0.15, 0.2) is 0 Å². The molecule has 74 valence electrons. The fourth-order valence-electron chi connectivity index (χ4n) is 1.57. The molecule has 0 bridgehead atoms. The normalized spacial score (nSPS) is 18.6. The molecule has 0 amide bonds. The lowest BCUT2D eigenvalue weighted by Gasteiger charge is -2.14. The zero-order valence-electron chi connectivity index (χ0n) is 8.67. The molecule has 0 aromatic carbocycles. The molecule has 1 aliphatic rings. The summed E-state index contributed by atoms with van der Waals surface area (Å²) in [4.78, 5) is 11.5. The summed E-state index contributed by atoms with van der Waals surface area (Å²) in [5.74, 6) is -0.118. The van der Waals surface area contributed by atoms with Gasteiger partial charge in [0.05, 0.1) is 12.0 Å². The number of carbonyl (C=O) groups is 1. The summed E-state index contributed by atoms with van der Waals surface area (Å²) >= 11 is 0. The summed E-state index contributed by atoms with van der Waals surface area (Å²) in [5, 5.41) is 0. The van der Waals surface area contributed by atoms with Crippen LogP contribution >= 0.6 is 0 Å². The van der Waals surface area contributed by atoms with Gasteiger partial charge in [-0.25, -0.2) is 0 Å². The van der Waals surface area contributed by atoms with Crippen molar-refractivity contribution in [2.24, 2.45) is 5.92 Å². The fraction of sp³-hybridized carbons (Fsp3) is 0.727. The second kappa shape index (κ2) is 4.45. The molecule has 0 aromatic rings. The third-order valence-electron chi connectivity index (χ3n) is 2.34. The van der Waals surface area contributed by atoms with Crippen LogP contribution in [0, 0.1) is 5.92 Å². The minimum atomic E-state index is -0.0804. The van der Waals surface area contributed by atoms with E-state index in [4.69, 9.17) is 4.74 Å². The van der Waals surface area contributed by atoms with Crippen LogP contribution in [-0.4, -0.2) is 12.1 Å². The van der Waals surface area contributed by atoms with E-state index in [1.807, 2.05) is 20.8 Å². The fourth-order valence-corrected chi connectivity index (χ4v) is 1.57. The van der Waals surface area contributed by atoms with Crippen molar-refractivity contribution in [1.82, 2.24) is 0 Å². The van der Waals surface area contributed by atoms with Crippen molar-refractivity contribution in [2.75, 3.05) is 0 Å². The van der Waals surface area contributed by atoms with Gasteiger partial charge in [-0.2, -0.15) is 0 Å². The van der Waals surface area contributed by atoms with Crippen LogP contribution in [0.2, 0.25) is 0 Å². The predicted octanol–water partition coefficient (Wildman–Crippen LogP) is 2.68. The largest absolute Gasteiger partial charge is 0.463 e. The lowest BCUT2D eigenvalue weighted by atomic mass is 10.0. The molecule has 0 heterocycles. The van der Waals surface area contributed by atoms with Crippen molar-refractivity contribution < 1.29 is 9.53 Å². The van der Waals surface area contributed by atoms with Crippen molar-refractivity contribution in [3.8, 4) is 0 Å². The molecule has 0 spiro atoms. The lowest BCUT2D eigenvalue weighted by Crippen LogP contribution is -2.19. The zero-order valence-corrected chi connectivity index (χ0v) is 8.67. The molecule has 0 saturated heterocycles. The molecule has 0 radical (unpaired) electrons. The van der Waals surface area contributed by atoms with E-state index in [-0.39, 0.29) is 18.0 Å². The molecular formula is C11H18O2. The van der Waals surface area contributed by atoms with Gasteiger partial charge in [-0.05, 0) is 40.0 Å². The second-order valence-electron chi connectivity index (χ2n) is 3.88. The van der Waals surface area contributed by atoms with Crippen molar-refractivity contribution in [3.05, 3.63) is 11.6 Å². The molecule has 1 rings (SSSR count). The lowest BCUT2D eigenvalue weighted by molar-refractivity contribution is -0.150. The van der Waals surface area contributed by atoms with E-state index in [2.05, 4.69) is 6.08 Å². The molecule has 2 nitrogen and oxygen atoms in total. The zero-order chi connectivity index (χ0) is 9.84. The first-order valence-electron chi connectivity index (χ1n) is 5.00. The molecule has 1 unspecified atom stereocenters. The summed E-state index contributed by atoms with van der Waals surface area (Å²) in [6.07, 6.45) is 5.54. The van der Waals surface area contributed by atoms with Gasteiger partial charge in [0, 0.05) is 0 Å². The number of hydrogen-bond donors (Lipinski definition) is 0. The van der Waals surface area contributed by atoms with Gasteiger partial charge in [0.25, 0.3) is 0 Å².